The van der Waals surface area contributed by atoms with Crippen LogP contribution >= 0.6 is 0 Å². The first-order chi connectivity index (χ1) is 11.6. The molecule has 2 N–H and O–H groups in total. The van der Waals surface area contributed by atoms with Gasteiger partial charge in [-0.1, -0.05) is 12.1 Å². The van der Waals surface area contributed by atoms with Crippen LogP contribution in [0, 0.1) is 6.92 Å². The number of urea groups is 1. The summed E-state index contributed by atoms with van der Waals surface area (Å²) < 4.78 is 6.58. The average molecular weight is 330 g/mol. The number of ether oxygens (including phenoxy) is 1. The molecule has 0 bridgehead atoms. The molecule has 0 aliphatic rings. The van der Waals surface area contributed by atoms with Crippen LogP contribution in [0.3, 0.4) is 0 Å². The summed E-state index contributed by atoms with van der Waals surface area (Å²) in [5.74, 6) is 0.810. The van der Waals surface area contributed by atoms with Gasteiger partial charge in [-0.2, -0.15) is 0 Å². The molecular weight excluding hydrogens is 308 g/mol. The van der Waals surface area contributed by atoms with Gasteiger partial charge in [-0.15, -0.1) is 0 Å². The maximum Gasteiger partial charge on any atom is 0.314 e. The number of carbonyl (C=O) groups is 1. The molecule has 0 fully saturated rings. The molecule has 1 aromatic heterocycles. The van der Waals surface area contributed by atoms with Gasteiger partial charge in [0.05, 0.1) is 13.4 Å². The zero-order valence-corrected chi connectivity index (χ0v) is 13.9. The molecule has 0 spiro atoms. The van der Waals surface area contributed by atoms with Crippen LogP contribution in [0.2, 0.25) is 0 Å². The van der Waals surface area contributed by atoms with Crippen LogP contribution in [0.15, 0.2) is 41.6 Å². The van der Waals surface area contributed by atoms with E-state index in [1.165, 1.54) is 17.1 Å². The van der Waals surface area contributed by atoms with E-state index in [1.54, 1.807) is 14.0 Å². The smallest absolute Gasteiger partial charge is 0.314 e. The maximum absolute atomic E-state index is 11.8. The Kier molecular flexibility index (Phi) is 6.36. The quantitative estimate of drug-likeness (QED) is 0.796. The molecule has 0 saturated carbocycles. The van der Waals surface area contributed by atoms with Gasteiger partial charge >= 0.3 is 6.03 Å². The zero-order valence-electron chi connectivity index (χ0n) is 13.9. The molecule has 2 aromatic rings. The minimum Gasteiger partial charge on any atom is -0.497 e. The van der Waals surface area contributed by atoms with Crippen molar-refractivity contribution >= 4 is 6.03 Å². The maximum atomic E-state index is 11.8. The Bertz CT molecular complexity index is 725. The summed E-state index contributed by atoms with van der Waals surface area (Å²) in [6.45, 7) is 2.99. The Morgan fingerprint density at radius 2 is 1.92 bits per heavy atom. The van der Waals surface area contributed by atoms with E-state index < -0.39 is 0 Å². The van der Waals surface area contributed by atoms with Crippen LogP contribution in [-0.4, -0.2) is 35.8 Å². The van der Waals surface area contributed by atoms with Gasteiger partial charge in [-0.25, -0.2) is 9.78 Å². The van der Waals surface area contributed by atoms with Gasteiger partial charge in [0.2, 0.25) is 0 Å². The molecule has 2 rings (SSSR count). The van der Waals surface area contributed by atoms with E-state index >= 15 is 0 Å². The second-order valence-corrected chi connectivity index (χ2v) is 5.36. The first-order valence-corrected chi connectivity index (χ1v) is 7.76. The van der Waals surface area contributed by atoms with Crippen molar-refractivity contribution in [3.05, 3.63) is 58.3 Å². The van der Waals surface area contributed by atoms with E-state index in [9.17, 15) is 9.59 Å². The molecule has 128 valence electrons. The first-order valence-electron chi connectivity index (χ1n) is 7.76. The molecule has 0 atom stereocenters. The molecule has 7 heteroatoms. The number of hydrogen-bond acceptors (Lipinski definition) is 4. The Morgan fingerprint density at radius 3 is 2.62 bits per heavy atom. The number of hydrogen-bond donors (Lipinski definition) is 2. The van der Waals surface area contributed by atoms with E-state index in [0.717, 1.165) is 17.7 Å². The van der Waals surface area contributed by atoms with Gasteiger partial charge in [0.15, 0.2) is 0 Å². The fourth-order valence-electron chi connectivity index (χ4n) is 2.18. The molecule has 1 aromatic carbocycles. The Labute approximate surface area is 140 Å². The predicted octanol–water partition coefficient (Wildman–Crippen LogP) is 1.10. The van der Waals surface area contributed by atoms with Crippen molar-refractivity contribution in [1.82, 2.24) is 20.2 Å². The Balaban J connectivity index is 1.68. The number of rotatable bonds is 7. The highest BCUT2D eigenvalue weighted by Gasteiger charge is 2.02. The molecular formula is C17H22N4O3. The fourth-order valence-corrected chi connectivity index (χ4v) is 2.18. The van der Waals surface area contributed by atoms with Gasteiger partial charge in [0, 0.05) is 31.4 Å². The third kappa shape index (κ3) is 5.12. The summed E-state index contributed by atoms with van der Waals surface area (Å²) in [5, 5.41) is 5.51. The standard InChI is InChI=1S/C17H22N4O3/c1-13-11-18-12-21(16(13)22)10-9-20-17(23)19-8-7-14-3-5-15(24-2)6-4-14/h3-6,11-12H,7-10H2,1-2H3,(H2,19,20,23). The topological polar surface area (TPSA) is 85.2 Å². The molecule has 7 nitrogen and oxygen atoms in total. The lowest BCUT2D eigenvalue weighted by Crippen LogP contribution is -2.39. The van der Waals surface area contributed by atoms with Crippen molar-refractivity contribution < 1.29 is 9.53 Å². The number of nitrogens with zero attached hydrogens (tertiary/aromatic N) is 2. The van der Waals surface area contributed by atoms with E-state index in [0.29, 0.717) is 25.2 Å². The minimum absolute atomic E-state index is 0.0910. The first kappa shape index (κ1) is 17.5. The Morgan fingerprint density at radius 1 is 1.21 bits per heavy atom. The highest BCUT2D eigenvalue weighted by atomic mass is 16.5. The molecule has 2 amide bonds. The summed E-state index contributed by atoms with van der Waals surface area (Å²) in [4.78, 5) is 27.5. The van der Waals surface area contributed by atoms with Gasteiger partial charge in [-0.05, 0) is 31.0 Å². The van der Waals surface area contributed by atoms with Crippen LogP contribution in [0.4, 0.5) is 4.79 Å². The molecule has 24 heavy (non-hydrogen) atoms. The number of aryl methyl sites for hydroxylation is 1. The normalized spacial score (nSPS) is 10.2. The third-order valence-corrected chi connectivity index (χ3v) is 3.57. The summed E-state index contributed by atoms with van der Waals surface area (Å²) in [6, 6.07) is 7.47. The molecule has 1 heterocycles. The number of carbonyl (C=O) groups excluding carboxylic acids is 1. The number of methoxy groups -OCH3 is 1. The van der Waals surface area contributed by atoms with Gasteiger partial charge in [-0.3, -0.25) is 9.36 Å². The lowest BCUT2D eigenvalue weighted by atomic mass is 10.1. The number of amides is 2. The summed E-state index contributed by atoms with van der Waals surface area (Å²) in [6.07, 6.45) is 3.73. The van der Waals surface area contributed by atoms with Gasteiger partial charge in [0.1, 0.15) is 5.75 Å². The van der Waals surface area contributed by atoms with Crippen molar-refractivity contribution in [1.29, 1.82) is 0 Å². The van der Waals surface area contributed by atoms with E-state index in [2.05, 4.69) is 15.6 Å². The van der Waals surface area contributed by atoms with E-state index in [-0.39, 0.29) is 11.6 Å². The third-order valence-electron chi connectivity index (χ3n) is 3.57. The van der Waals surface area contributed by atoms with Crippen molar-refractivity contribution in [2.45, 2.75) is 19.9 Å². The largest absolute Gasteiger partial charge is 0.497 e. The lowest BCUT2D eigenvalue weighted by molar-refractivity contribution is 0.240. The second-order valence-electron chi connectivity index (χ2n) is 5.36. The van der Waals surface area contributed by atoms with Crippen LogP contribution < -0.4 is 20.9 Å². The van der Waals surface area contributed by atoms with Crippen LogP contribution in [0.5, 0.6) is 5.75 Å². The van der Waals surface area contributed by atoms with Crippen LogP contribution in [-0.2, 0) is 13.0 Å². The highest BCUT2D eigenvalue weighted by molar-refractivity contribution is 5.73. The number of nitrogens with one attached hydrogen (secondary N) is 2. The zero-order chi connectivity index (χ0) is 17.4. The SMILES string of the molecule is COc1ccc(CCNC(=O)NCCn2cncc(C)c2=O)cc1. The molecule has 0 aliphatic heterocycles. The van der Waals surface area contributed by atoms with Crippen molar-refractivity contribution in [2.24, 2.45) is 0 Å². The summed E-state index contributed by atoms with van der Waals surface area (Å²) >= 11 is 0. The number of benzene rings is 1. The molecule has 0 unspecified atom stereocenters. The van der Waals surface area contributed by atoms with Gasteiger partial charge < -0.3 is 15.4 Å². The molecule has 0 radical (unpaired) electrons. The van der Waals surface area contributed by atoms with E-state index in [1.807, 2.05) is 24.3 Å². The number of aromatic nitrogens is 2. The Hall–Kier alpha value is -2.83. The molecule has 0 saturated heterocycles. The van der Waals surface area contributed by atoms with Crippen LogP contribution in [0.1, 0.15) is 11.1 Å². The average Bonchev–Trinajstić information content (AvgIpc) is 2.59. The predicted molar refractivity (Wildman–Crippen MR) is 91.3 cm³/mol. The van der Waals surface area contributed by atoms with Crippen LogP contribution in [0.25, 0.3) is 0 Å². The van der Waals surface area contributed by atoms with Crippen molar-refractivity contribution in [3.63, 3.8) is 0 Å². The fraction of sp³-hybridized carbons (Fsp3) is 0.353. The summed E-state index contributed by atoms with van der Waals surface area (Å²) in [7, 11) is 1.63. The van der Waals surface area contributed by atoms with Crippen molar-refractivity contribution in [2.75, 3.05) is 20.2 Å². The highest BCUT2D eigenvalue weighted by Crippen LogP contribution is 2.11. The summed E-state index contributed by atoms with van der Waals surface area (Å²) in [5.41, 5.74) is 1.61. The van der Waals surface area contributed by atoms with Gasteiger partial charge in [0.25, 0.3) is 5.56 Å². The van der Waals surface area contributed by atoms with Crippen molar-refractivity contribution in [3.8, 4) is 5.75 Å². The second kappa shape index (κ2) is 8.71. The lowest BCUT2D eigenvalue weighted by Gasteiger charge is -2.09. The molecule has 0 aliphatic carbocycles. The monoisotopic (exact) mass is 330 g/mol. The van der Waals surface area contributed by atoms with E-state index in [4.69, 9.17) is 4.74 Å². The minimum atomic E-state index is -0.253.